The summed E-state index contributed by atoms with van der Waals surface area (Å²) >= 11 is 12.2. The lowest BCUT2D eigenvalue weighted by Gasteiger charge is -2.32. The van der Waals surface area contributed by atoms with Gasteiger partial charge in [-0.15, -0.1) is 0 Å². The van der Waals surface area contributed by atoms with Gasteiger partial charge in [0, 0.05) is 13.1 Å². The first-order chi connectivity index (χ1) is 8.20. The first-order valence-corrected chi connectivity index (χ1v) is 6.81. The van der Waals surface area contributed by atoms with Crippen molar-refractivity contribution < 1.29 is 0 Å². The van der Waals surface area contributed by atoms with E-state index in [0.29, 0.717) is 16.0 Å². The molecule has 1 aromatic rings. The molecule has 0 aromatic heterocycles. The minimum Gasteiger partial charge on any atom is -0.330 e. The number of nitrogens with two attached hydrogens (primary N) is 1. The Hall–Kier alpha value is -0.280. The van der Waals surface area contributed by atoms with Gasteiger partial charge in [0.25, 0.3) is 0 Å². The Labute approximate surface area is 113 Å². The van der Waals surface area contributed by atoms with Crippen LogP contribution in [0.15, 0.2) is 18.2 Å². The summed E-state index contributed by atoms with van der Waals surface area (Å²) in [4.78, 5) is 2.42. The third kappa shape index (κ3) is 3.35. The zero-order valence-electron chi connectivity index (χ0n) is 9.83. The number of rotatable bonds is 3. The summed E-state index contributed by atoms with van der Waals surface area (Å²) in [6, 6.07) is 5.82. The number of halogens is 2. The number of piperidine rings is 1. The average Bonchev–Trinajstić information content (AvgIpc) is 2.35. The Bertz CT molecular complexity index is 382. The standard InChI is InChI=1S/C13H18Cl2N2/c14-12-5-1-4-11(13(12)15)9-17-6-2-3-10(7-16)8-17/h1,4-5,10H,2-3,6-9,16H2. The number of benzene rings is 1. The van der Waals surface area contributed by atoms with Crippen molar-refractivity contribution in [2.75, 3.05) is 19.6 Å². The quantitative estimate of drug-likeness (QED) is 0.916. The normalized spacial score (nSPS) is 21.7. The Morgan fingerprint density at radius 2 is 2.18 bits per heavy atom. The van der Waals surface area contributed by atoms with Crippen molar-refractivity contribution in [3.8, 4) is 0 Å². The van der Waals surface area contributed by atoms with E-state index in [2.05, 4.69) is 4.90 Å². The third-order valence-corrected chi connectivity index (χ3v) is 4.22. The van der Waals surface area contributed by atoms with E-state index in [1.54, 1.807) is 0 Å². The van der Waals surface area contributed by atoms with Gasteiger partial charge in [-0.05, 0) is 43.5 Å². The van der Waals surface area contributed by atoms with E-state index < -0.39 is 0 Å². The predicted octanol–water partition coefficient (Wildman–Crippen LogP) is 3.16. The molecule has 1 unspecified atom stereocenters. The number of likely N-dealkylation sites (tertiary alicyclic amines) is 1. The van der Waals surface area contributed by atoms with Crippen LogP contribution < -0.4 is 5.73 Å². The molecule has 4 heteroatoms. The van der Waals surface area contributed by atoms with Crippen LogP contribution in [0.2, 0.25) is 10.0 Å². The molecule has 1 atom stereocenters. The van der Waals surface area contributed by atoms with Crippen LogP contribution in [-0.4, -0.2) is 24.5 Å². The first-order valence-electron chi connectivity index (χ1n) is 6.06. The van der Waals surface area contributed by atoms with Crippen molar-refractivity contribution in [2.45, 2.75) is 19.4 Å². The van der Waals surface area contributed by atoms with Crippen LogP contribution in [0.5, 0.6) is 0 Å². The van der Waals surface area contributed by atoms with Crippen molar-refractivity contribution in [2.24, 2.45) is 11.7 Å². The van der Waals surface area contributed by atoms with Crippen LogP contribution in [0, 0.1) is 5.92 Å². The van der Waals surface area contributed by atoms with Crippen molar-refractivity contribution >= 4 is 23.2 Å². The van der Waals surface area contributed by atoms with Crippen LogP contribution in [0.4, 0.5) is 0 Å². The molecule has 2 nitrogen and oxygen atoms in total. The minimum absolute atomic E-state index is 0.627. The van der Waals surface area contributed by atoms with Crippen LogP contribution in [0.3, 0.4) is 0 Å². The molecule has 0 amide bonds. The predicted molar refractivity (Wildman–Crippen MR) is 73.5 cm³/mol. The van der Waals surface area contributed by atoms with E-state index in [-0.39, 0.29) is 0 Å². The smallest absolute Gasteiger partial charge is 0.0637 e. The fraction of sp³-hybridized carbons (Fsp3) is 0.538. The maximum atomic E-state index is 6.20. The zero-order valence-corrected chi connectivity index (χ0v) is 11.3. The van der Waals surface area contributed by atoms with Crippen molar-refractivity contribution in [3.05, 3.63) is 33.8 Å². The summed E-state index contributed by atoms with van der Waals surface area (Å²) < 4.78 is 0. The van der Waals surface area contributed by atoms with Crippen LogP contribution in [0.25, 0.3) is 0 Å². The van der Waals surface area contributed by atoms with E-state index >= 15 is 0 Å². The molecule has 0 aliphatic carbocycles. The molecule has 1 aliphatic heterocycles. The van der Waals surface area contributed by atoms with Crippen LogP contribution >= 0.6 is 23.2 Å². The lowest BCUT2D eigenvalue weighted by Crippen LogP contribution is -2.37. The number of nitrogens with zero attached hydrogens (tertiary/aromatic N) is 1. The number of hydrogen-bond acceptors (Lipinski definition) is 2. The third-order valence-electron chi connectivity index (χ3n) is 3.36. The Balaban J connectivity index is 2.02. The highest BCUT2D eigenvalue weighted by molar-refractivity contribution is 6.42. The lowest BCUT2D eigenvalue weighted by molar-refractivity contribution is 0.171. The first kappa shape index (κ1) is 13.2. The Kier molecular flexibility index (Phi) is 4.69. The SMILES string of the molecule is NCC1CCCN(Cc2cccc(Cl)c2Cl)C1. The summed E-state index contributed by atoms with van der Waals surface area (Å²) in [7, 11) is 0. The van der Waals surface area contributed by atoms with Gasteiger partial charge in [-0.3, -0.25) is 4.90 Å². The second-order valence-corrected chi connectivity index (χ2v) is 5.48. The van der Waals surface area contributed by atoms with Gasteiger partial charge in [-0.2, -0.15) is 0 Å². The molecule has 1 heterocycles. The van der Waals surface area contributed by atoms with E-state index in [0.717, 1.165) is 31.7 Å². The van der Waals surface area contributed by atoms with Gasteiger partial charge in [0.1, 0.15) is 0 Å². The molecule has 0 bridgehead atoms. The van der Waals surface area contributed by atoms with E-state index in [4.69, 9.17) is 28.9 Å². The molecule has 1 aliphatic rings. The van der Waals surface area contributed by atoms with Gasteiger partial charge < -0.3 is 5.73 Å². The molecular formula is C13H18Cl2N2. The zero-order chi connectivity index (χ0) is 12.3. The van der Waals surface area contributed by atoms with Crippen molar-refractivity contribution in [1.29, 1.82) is 0 Å². The highest BCUT2D eigenvalue weighted by atomic mass is 35.5. The van der Waals surface area contributed by atoms with Gasteiger partial charge in [0.15, 0.2) is 0 Å². The molecule has 17 heavy (non-hydrogen) atoms. The fourth-order valence-corrected chi connectivity index (χ4v) is 2.78. The molecule has 0 spiro atoms. The summed E-state index contributed by atoms with van der Waals surface area (Å²) in [5, 5.41) is 1.32. The average molecular weight is 273 g/mol. The summed E-state index contributed by atoms with van der Waals surface area (Å²) in [5.41, 5.74) is 6.85. The molecule has 2 rings (SSSR count). The highest BCUT2D eigenvalue weighted by Gasteiger charge is 2.19. The minimum atomic E-state index is 0.627. The summed E-state index contributed by atoms with van der Waals surface area (Å²) in [5.74, 6) is 0.627. The Morgan fingerprint density at radius 3 is 2.94 bits per heavy atom. The molecule has 1 aromatic carbocycles. The van der Waals surface area contributed by atoms with E-state index in [1.165, 1.54) is 12.8 Å². The molecule has 94 valence electrons. The molecular weight excluding hydrogens is 255 g/mol. The summed E-state index contributed by atoms with van der Waals surface area (Å²) in [6.07, 6.45) is 2.47. The fourth-order valence-electron chi connectivity index (χ4n) is 2.40. The van der Waals surface area contributed by atoms with Crippen LogP contribution in [0.1, 0.15) is 18.4 Å². The van der Waals surface area contributed by atoms with Gasteiger partial charge in [-0.25, -0.2) is 0 Å². The van der Waals surface area contributed by atoms with E-state index in [9.17, 15) is 0 Å². The topological polar surface area (TPSA) is 29.3 Å². The number of hydrogen-bond donors (Lipinski definition) is 1. The van der Waals surface area contributed by atoms with Gasteiger partial charge >= 0.3 is 0 Å². The molecule has 1 saturated heterocycles. The maximum Gasteiger partial charge on any atom is 0.0637 e. The monoisotopic (exact) mass is 272 g/mol. The second kappa shape index (κ2) is 6.05. The molecule has 0 saturated carbocycles. The Morgan fingerprint density at radius 1 is 1.35 bits per heavy atom. The van der Waals surface area contributed by atoms with Crippen LogP contribution in [-0.2, 0) is 6.54 Å². The van der Waals surface area contributed by atoms with Gasteiger partial charge in [0.05, 0.1) is 10.0 Å². The highest BCUT2D eigenvalue weighted by Crippen LogP contribution is 2.27. The van der Waals surface area contributed by atoms with Crippen molar-refractivity contribution in [1.82, 2.24) is 4.90 Å². The maximum absolute atomic E-state index is 6.20. The summed E-state index contributed by atoms with van der Waals surface area (Å²) in [6.45, 7) is 3.84. The largest absolute Gasteiger partial charge is 0.330 e. The van der Waals surface area contributed by atoms with E-state index in [1.807, 2.05) is 18.2 Å². The lowest BCUT2D eigenvalue weighted by atomic mass is 9.98. The second-order valence-electron chi connectivity index (χ2n) is 4.69. The molecule has 2 N–H and O–H groups in total. The van der Waals surface area contributed by atoms with Crippen molar-refractivity contribution in [3.63, 3.8) is 0 Å². The van der Waals surface area contributed by atoms with Gasteiger partial charge in [-0.1, -0.05) is 35.3 Å². The molecule has 1 fully saturated rings. The van der Waals surface area contributed by atoms with Gasteiger partial charge in [0.2, 0.25) is 0 Å². The molecule has 0 radical (unpaired) electrons.